The van der Waals surface area contributed by atoms with Gasteiger partial charge in [0, 0.05) is 17.9 Å². The van der Waals surface area contributed by atoms with Crippen molar-refractivity contribution in [1.82, 2.24) is 4.90 Å². The van der Waals surface area contributed by atoms with Gasteiger partial charge in [0.25, 0.3) is 0 Å². The molecule has 0 aliphatic carbocycles. The molecule has 0 N–H and O–H groups in total. The predicted molar refractivity (Wildman–Crippen MR) is 84.0 cm³/mol. The third-order valence-electron chi connectivity index (χ3n) is 3.51. The number of carbonyl (C=O) groups excluding carboxylic acids is 1. The molecule has 0 saturated carbocycles. The van der Waals surface area contributed by atoms with Gasteiger partial charge in [0.15, 0.2) is 5.78 Å². The van der Waals surface area contributed by atoms with Crippen LogP contribution in [0.2, 0.25) is 0 Å². The van der Waals surface area contributed by atoms with Gasteiger partial charge in [0.05, 0.1) is 11.9 Å². The molecule has 0 radical (unpaired) electrons. The molecule has 1 unspecified atom stereocenters. The third kappa shape index (κ3) is 2.94. The van der Waals surface area contributed by atoms with Gasteiger partial charge in [0.1, 0.15) is 0 Å². The average Bonchev–Trinajstić information content (AvgIpc) is 2.97. The maximum absolute atomic E-state index is 12.3. The number of hydrogen-bond donors (Lipinski definition) is 0. The molecule has 0 spiro atoms. The van der Waals surface area contributed by atoms with Gasteiger partial charge < -0.3 is 0 Å². The van der Waals surface area contributed by atoms with Gasteiger partial charge in [0.2, 0.25) is 0 Å². The monoisotopic (exact) mass is 283 g/mol. The standard InChI is InChI=1S/C17H17NOS/c19-16(14-7-3-1-4-8-14)13-18-11-12-20-17(18)15-9-5-2-6-10-15/h1-10,17H,11-13H2. The van der Waals surface area contributed by atoms with Crippen molar-refractivity contribution >= 4 is 17.5 Å². The summed E-state index contributed by atoms with van der Waals surface area (Å²) in [5, 5.41) is 0.309. The van der Waals surface area contributed by atoms with Gasteiger partial charge in [-0.1, -0.05) is 60.7 Å². The Labute approximate surface area is 123 Å². The molecule has 3 heteroatoms. The van der Waals surface area contributed by atoms with E-state index < -0.39 is 0 Å². The molecule has 1 aliphatic rings. The quantitative estimate of drug-likeness (QED) is 0.799. The van der Waals surface area contributed by atoms with Crippen molar-refractivity contribution in [1.29, 1.82) is 0 Å². The van der Waals surface area contributed by atoms with Crippen LogP contribution in [-0.2, 0) is 0 Å². The van der Waals surface area contributed by atoms with E-state index in [1.165, 1.54) is 5.56 Å². The summed E-state index contributed by atoms with van der Waals surface area (Å²) in [6, 6.07) is 20.0. The highest BCUT2D eigenvalue weighted by Gasteiger charge is 2.28. The molecule has 0 aromatic heterocycles. The minimum atomic E-state index is 0.203. The zero-order valence-corrected chi connectivity index (χ0v) is 12.1. The second-order valence-electron chi connectivity index (χ2n) is 4.89. The van der Waals surface area contributed by atoms with E-state index >= 15 is 0 Å². The van der Waals surface area contributed by atoms with Crippen LogP contribution in [0.1, 0.15) is 21.3 Å². The first-order chi connectivity index (χ1) is 9.84. The molecule has 0 bridgehead atoms. The Bertz CT molecular complexity index is 570. The molecule has 102 valence electrons. The number of rotatable bonds is 4. The van der Waals surface area contributed by atoms with Crippen LogP contribution in [0.25, 0.3) is 0 Å². The van der Waals surface area contributed by atoms with E-state index in [2.05, 4.69) is 29.2 Å². The van der Waals surface area contributed by atoms with E-state index in [4.69, 9.17) is 0 Å². The van der Waals surface area contributed by atoms with Crippen molar-refractivity contribution in [2.24, 2.45) is 0 Å². The van der Waals surface area contributed by atoms with Crippen LogP contribution in [0.3, 0.4) is 0 Å². The molecule has 2 aromatic rings. The first-order valence-corrected chi connectivity index (χ1v) is 7.88. The van der Waals surface area contributed by atoms with E-state index in [1.54, 1.807) is 0 Å². The highest BCUT2D eigenvalue weighted by atomic mass is 32.2. The molecule has 20 heavy (non-hydrogen) atoms. The van der Waals surface area contributed by atoms with E-state index in [1.807, 2.05) is 48.2 Å². The van der Waals surface area contributed by atoms with Crippen LogP contribution < -0.4 is 0 Å². The summed E-state index contributed by atoms with van der Waals surface area (Å²) >= 11 is 1.91. The fourth-order valence-corrected chi connectivity index (χ4v) is 3.79. The first-order valence-electron chi connectivity index (χ1n) is 6.83. The van der Waals surface area contributed by atoms with E-state index in [0.29, 0.717) is 11.9 Å². The van der Waals surface area contributed by atoms with Gasteiger partial charge in [-0.05, 0) is 5.56 Å². The van der Waals surface area contributed by atoms with Crippen molar-refractivity contribution in [3.8, 4) is 0 Å². The fraction of sp³-hybridized carbons (Fsp3) is 0.235. The molecule has 1 heterocycles. The Balaban J connectivity index is 1.72. The number of nitrogens with zero attached hydrogens (tertiary/aromatic N) is 1. The van der Waals surface area contributed by atoms with Gasteiger partial charge in [-0.15, -0.1) is 11.8 Å². The van der Waals surface area contributed by atoms with Crippen molar-refractivity contribution in [3.63, 3.8) is 0 Å². The number of thioether (sulfide) groups is 1. The summed E-state index contributed by atoms with van der Waals surface area (Å²) in [5.74, 6) is 1.29. The molecule has 1 saturated heterocycles. The lowest BCUT2D eigenvalue weighted by molar-refractivity contribution is 0.0933. The predicted octanol–water partition coefficient (Wildman–Crippen LogP) is 3.62. The molecule has 2 nitrogen and oxygen atoms in total. The fourth-order valence-electron chi connectivity index (χ4n) is 2.49. The maximum atomic E-state index is 12.3. The Morgan fingerprint density at radius 2 is 1.70 bits per heavy atom. The molecule has 1 fully saturated rings. The lowest BCUT2D eigenvalue weighted by Gasteiger charge is -2.23. The zero-order valence-electron chi connectivity index (χ0n) is 11.2. The number of Topliss-reactive ketones (excluding diaryl/α,β-unsaturated/α-hetero) is 1. The second-order valence-corrected chi connectivity index (χ2v) is 6.08. The Morgan fingerprint density at radius 1 is 1.05 bits per heavy atom. The topological polar surface area (TPSA) is 20.3 Å². The molecule has 3 rings (SSSR count). The third-order valence-corrected chi connectivity index (χ3v) is 4.82. The van der Waals surface area contributed by atoms with E-state index in [0.717, 1.165) is 17.9 Å². The number of ketones is 1. The smallest absolute Gasteiger partial charge is 0.176 e. The van der Waals surface area contributed by atoms with Crippen molar-refractivity contribution in [3.05, 3.63) is 71.8 Å². The Hall–Kier alpha value is -1.58. The van der Waals surface area contributed by atoms with Crippen LogP contribution in [-0.4, -0.2) is 29.5 Å². The first kappa shape index (κ1) is 13.4. The summed E-state index contributed by atoms with van der Waals surface area (Å²) in [7, 11) is 0. The van der Waals surface area contributed by atoms with Crippen molar-refractivity contribution in [2.75, 3.05) is 18.8 Å². The van der Waals surface area contributed by atoms with Crippen LogP contribution in [0.5, 0.6) is 0 Å². The average molecular weight is 283 g/mol. The molecule has 1 atom stereocenters. The van der Waals surface area contributed by atoms with Gasteiger partial charge >= 0.3 is 0 Å². The van der Waals surface area contributed by atoms with Crippen LogP contribution in [0, 0.1) is 0 Å². The second kappa shape index (κ2) is 6.25. The number of hydrogen-bond acceptors (Lipinski definition) is 3. The van der Waals surface area contributed by atoms with Gasteiger partial charge in [-0.25, -0.2) is 0 Å². The summed E-state index contributed by atoms with van der Waals surface area (Å²) in [5.41, 5.74) is 2.09. The minimum absolute atomic E-state index is 0.203. The van der Waals surface area contributed by atoms with Crippen LogP contribution in [0.4, 0.5) is 0 Å². The number of carbonyl (C=O) groups is 1. The van der Waals surface area contributed by atoms with Gasteiger partial charge in [-0.2, -0.15) is 0 Å². The molecule has 1 aliphatic heterocycles. The Kier molecular flexibility index (Phi) is 4.19. The maximum Gasteiger partial charge on any atom is 0.176 e. The largest absolute Gasteiger partial charge is 0.293 e. The Morgan fingerprint density at radius 3 is 2.40 bits per heavy atom. The lowest BCUT2D eigenvalue weighted by atomic mass is 10.1. The minimum Gasteiger partial charge on any atom is -0.293 e. The van der Waals surface area contributed by atoms with Crippen LogP contribution in [0.15, 0.2) is 60.7 Å². The van der Waals surface area contributed by atoms with E-state index in [-0.39, 0.29) is 5.78 Å². The molecule has 2 aromatic carbocycles. The highest BCUT2D eigenvalue weighted by molar-refractivity contribution is 7.99. The van der Waals surface area contributed by atoms with E-state index in [9.17, 15) is 4.79 Å². The molecular weight excluding hydrogens is 266 g/mol. The lowest BCUT2D eigenvalue weighted by Crippen LogP contribution is -2.29. The summed E-state index contributed by atoms with van der Waals surface area (Å²) in [4.78, 5) is 14.6. The van der Waals surface area contributed by atoms with Crippen molar-refractivity contribution < 1.29 is 4.79 Å². The molecular formula is C17H17NOS. The number of benzene rings is 2. The highest BCUT2D eigenvalue weighted by Crippen LogP contribution is 2.37. The summed E-state index contributed by atoms with van der Waals surface area (Å²) < 4.78 is 0. The van der Waals surface area contributed by atoms with Gasteiger partial charge in [-0.3, -0.25) is 9.69 Å². The summed E-state index contributed by atoms with van der Waals surface area (Å²) in [6.45, 7) is 1.47. The van der Waals surface area contributed by atoms with Crippen LogP contribution >= 0.6 is 11.8 Å². The van der Waals surface area contributed by atoms with Crippen molar-refractivity contribution in [2.45, 2.75) is 5.37 Å². The SMILES string of the molecule is O=C(CN1CCSC1c1ccccc1)c1ccccc1. The normalized spacial score (nSPS) is 19.1. The zero-order chi connectivity index (χ0) is 13.8. The summed E-state index contributed by atoms with van der Waals surface area (Å²) in [6.07, 6.45) is 0. The molecule has 0 amide bonds.